The quantitative estimate of drug-likeness (QED) is 0.856. The molecule has 2 N–H and O–H groups in total. The first-order valence-electron chi connectivity index (χ1n) is 7.29. The number of hydrogen-bond acceptors (Lipinski definition) is 3. The van der Waals surface area contributed by atoms with Crippen LogP contribution in [0.4, 0.5) is 24.5 Å². The molecule has 5 nitrogen and oxygen atoms in total. The summed E-state index contributed by atoms with van der Waals surface area (Å²) in [6.45, 7) is 5.08. The zero-order chi connectivity index (χ0) is 18.5. The molecule has 0 fully saturated rings. The predicted octanol–water partition coefficient (Wildman–Crippen LogP) is 3.58. The highest BCUT2D eigenvalue weighted by Gasteiger charge is 2.30. The van der Waals surface area contributed by atoms with Gasteiger partial charge in [-0.2, -0.15) is 13.2 Å². The summed E-state index contributed by atoms with van der Waals surface area (Å²) in [4.78, 5) is 23.6. The number of alkyl halides is 3. The highest BCUT2D eigenvalue weighted by Crippen LogP contribution is 2.20. The number of anilines is 2. The van der Waals surface area contributed by atoms with Gasteiger partial charge in [0.05, 0.1) is 0 Å². The molecule has 0 aliphatic heterocycles. The fourth-order valence-electron chi connectivity index (χ4n) is 1.49. The minimum absolute atomic E-state index is 0.159. The topological polar surface area (TPSA) is 67.4 Å². The zero-order valence-electron chi connectivity index (χ0n) is 14.0. The van der Waals surface area contributed by atoms with Crippen molar-refractivity contribution in [1.29, 1.82) is 0 Å². The Kier molecular flexibility index (Phi) is 6.36. The van der Waals surface area contributed by atoms with Crippen LogP contribution in [0.1, 0.15) is 27.7 Å². The first-order valence-corrected chi connectivity index (χ1v) is 7.29. The first-order chi connectivity index (χ1) is 10.9. The van der Waals surface area contributed by atoms with E-state index in [0.29, 0.717) is 11.4 Å². The Hall–Kier alpha value is -2.09. The molecule has 2 amide bonds. The summed E-state index contributed by atoms with van der Waals surface area (Å²) >= 11 is 0. The van der Waals surface area contributed by atoms with Crippen molar-refractivity contribution in [2.75, 3.05) is 17.2 Å². The summed E-state index contributed by atoms with van der Waals surface area (Å²) in [6.07, 6.45) is -5.73. The third-order valence-electron chi connectivity index (χ3n) is 2.96. The highest BCUT2D eigenvalue weighted by atomic mass is 19.4. The molecule has 1 atom stereocenters. The third-order valence-corrected chi connectivity index (χ3v) is 2.96. The van der Waals surface area contributed by atoms with Crippen molar-refractivity contribution in [3.05, 3.63) is 24.3 Å². The fraction of sp³-hybridized carbons (Fsp3) is 0.500. The number of halogens is 3. The minimum Gasteiger partial charge on any atom is -0.359 e. The molecule has 8 heteroatoms. The monoisotopic (exact) mass is 346 g/mol. The number of carbonyl (C=O) groups is 2. The smallest absolute Gasteiger partial charge is 0.359 e. The normalized spacial score (nSPS) is 13.3. The van der Waals surface area contributed by atoms with Gasteiger partial charge in [0.15, 0.2) is 0 Å². The van der Waals surface area contributed by atoms with Gasteiger partial charge in [0.1, 0.15) is 12.7 Å². The number of nitrogens with one attached hydrogen (secondary N) is 2. The van der Waals surface area contributed by atoms with Crippen LogP contribution in [-0.4, -0.2) is 30.7 Å². The Bertz CT molecular complexity index is 578. The second-order valence-corrected chi connectivity index (χ2v) is 6.34. The third kappa shape index (κ3) is 6.99. The lowest BCUT2D eigenvalue weighted by molar-refractivity contribution is -0.184. The van der Waals surface area contributed by atoms with Gasteiger partial charge in [-0.05, 0) is 31.2 Å². The molecule has 0 bridgehead atoms. The molecular weight excluding hydrogens is 325 g/mol. The van der Waals surface area contributed by atoms with E-state index in [1.165, 1.54) is 19.1 Å². The summed E-state index contributed by atoms with van der Waals surface area (Å²) in [6, 6.07) is 6.24. The van der Waals surface area contributed by atoms with Crippen LogP contribution >= 0.6 is 0 Å². The van der Waals surface area contributed by atoms with Crippen LogP contribution in [-0.2, 0) is 14.3 Å². The van der Waals surface area contributed by atoms with E-state index < -0.39 is 30.2 Å². The van der Waals surface area contributed by atoms with Crippen molar-refractivity contribution in [2.45, 2.75) is 40.0 Å². The van der Waals surface area contributed by atoms with Crippen molar-refractivity contribution in [1.82, 2.24) is 0 Å². The SMILES string of the molecule is C[C@@H](OCC(F)(F)F)C(=O)Nc1ccc(NC(=O)C(C)(C)C)cc1. The molecule has 0 aliphatic carbocycles. The molecule has 0 heterocycles. The van der Waals surface area contributed by atoms with E-state index in [1.807, 2.05) is 0 Å². The lowest BCUT2D eigenvalue weighted by Crippen LogP contribution is -2.31. The fourth-order valence-corrected chi connectivity index (χ4v) is 1.49. The van der Waals surface area contributed by atoms with Crippen LogP contribution in [0.5, 0.6) is 0 Å². The van der Waals surface area contributed by atoms with Crippen molar-refractivity contribution >= 4 is 23.2 Å². The van der Waals surface area contributed by atoms with Crippen molar-refractivity contribution < 1.29 is 27.5 Å². The van der Waals surface area contributed by atoms with Gasteiger partial charge >= 0.3 is 6.18 Å². The molecular formula is C16H21F3N2O3. The number of hydrogen-bond donors (Lipinski definition) is 2. The van der Waals surface area contributed by atoms with Crippen molar-refractivity contribution in [2.24, 2.45) is 5.41 Å². The second-order valence-electron chi connectivity index (χ2n) is 6.34. The van der Waals surface area contributed by atoms with Crippen LogP contribution in [0, 0.1) is 5.41 Å². The van der Waals surface area contributed by atoms with E-state index in [-0.39, 0.29) is 5.91 Å². The average Bonchev–Trinajstić information content (AvgIpc) is 2.44. The maximum absolute atomic E-state index is 12.0. The largest absolute Gasteiger partial charge is 0.411 e. The summed E-state index contributed by atoms with van der Waals surface area (Å²) in [5.74, 6) is -0.848. The number of amides is 2. The van der Waals surface area contributed by atoms with Gasteiger partial charge < -0.3 is 15.4 Å². The lowest BCUT2D eigenvalue weighted by Gasteiger charge is -2.18. The van der Waals surface area contributed by atoms with E-state index in [4.69, 9.17) is 0 Å². The summed E-state index contributed by atoms with van der Waals surface area (Å²) < 4.78 is 40.6. The minimum atomic E-state index is -4.48. The number of carbonyl (C=O) groups excluding carboxylic acids is 2. The van der Waals surface area contributed by atoms with Crippen LogP contribution < -0.4 is 10.6 Å². The van der Waals surface area contributed by atoms with E-state index in [1.54, 1.807) is 32.9 Å². The molecule has 0 radical (unpaired) electrons. The summed E-state index contributed by atoms with van der Waals surface area (Å²) in [7, 11) is 0. The van der Waals surface area contributed by atoms with Gasteiger partial charge in [0.25, 0.3) is 5.91 Å². The van der Waals surface area contributed by atoms with Gasteiger partial charge in [-0.1, -0.05) is 20.8 Å². The molecule has 0 aliphatic rings. The molecule has 0 saturated heterocycles. The van der Waals surface area contributed by atoms with E-state index in [2.05, 4.69) is 15.4 Å². The van der Waals surface area contributed by atoms with Crippen LogP contribution in [0.2, 0.25) is 0 Å². The van der Waals surface area contributed by atoms with Gasteiger partial charge in [0, 0.05) is 16.8 Å². The zero-order valence-corrected chi connectivity index (χ0v) is 14.0. The molecule has 0 saturated carbocycles. The Morgan fingerprint density at radius 1 is 1.04 bits per heavy atom. The summed E-state index contributed by atoms with van der Waals surface area (Å²) in [5.41, 5.74) is 0.392. The molecule has 1 rings (SSSR count). The van der Waals surface area contributed by atoms with Gasteiger partial charge in [0.2, 0.25) is 5.91 Å². The van der Waals surface area contributed by atoms with Crippen molar-refractivity contribution in [3.63, 3.8) is 0 Å². The standard InChI is InChI=1S/C16H21F3N2O3/c1-10(24-9-16(17,18)19)13(22)20-11-5-7-12(8-6-11)21-14(23)15(2,3)4/h5-8,10H,9H2,1-4H3,(H,20,22)(H,21,23)/t10-/m1/s1. The number of benzene rings is 1. The maximum Gasteiger partial charge on any atom is 0.411 e. The van der Waals surface area contributed by atoms with E-state index in [9.17, 15) is 22.8 Å². The van der Waals surface area contributed by atoms with Gasteiger partial charge in [-0.25, -0.2) is 0 Å². The maximum atomic E-state index is 12.0. The summed E-state index contributed by atoms with van der Waals surface area (Å²) in [5, 5.41) is 5.17. The molecule has 1 aromatic rings. The average molecular weight is 346 g/mol. The first kappa shape index (κ1) is 20.0. The second kappa shape index (κ2) is 7.65. The molecule has 0 unspecified atom stereocenters. The molecule has 24 heavy (non-hydrogen) atoms. The Morgan fingerprint density at radius 3 is 1.92 bits per heavy atom. The molecule has 1 aromatic carbocycles. The van der Waals surface area contributed by atoms with E-state index >= 15 is 0 Å². The Labute approximate surface area is 138 Å². The van der Waals surface area contributed by atoms with Crippen LogP contribution in [0.15, 0.2) is 24.3 Å². The number of rotatable bonds is 5. The molecule has 0 aromatic heterocycles. The predicted molar refractivity (Wildman–Crippen MR) is 84.6 cm³/mol. The Balaban J connectivity index is 2.57. The van der Waals surface area contributed by atoms with Crippen molar-refractivity contribution in [3.8, 4) is 0 Å². The molecule has 0 spiro atoms. The highest BCUT2D eigenvalue weighted by molar-refractivity contribution is 5.96. The lowest BCUT2D eigenvalue weighted by atomic mass is 9.95. The Morgan fingerprint density at radius 2 is 1.50 bits per heavy atom. The van der Waals surface area contributed by atoms with E-state index in [0.717, 1.165) is 0 Å². The number of ether oxygens (including phenoxy) is 1. The molecule has 134 valence electrons. The van der Waals surface area contributed by atoms with Gasteiger partial charge in [-0.3, -0.25) is 9.59 Å². The van der Waals surface area contributed by atoms with Crippen LogP contribution in [0.3, 0.4) is 0 Å². The van der Waals surface area contributed by atoms with Crippen LogP contribution in [0.25, 0.3) is 0 Å². The van der Waals surface area contributed by atoms with Gasteiger partial charge in [-0.15, -0.1) is 0 Å².